The quantitative estimate of drug-likeness (QED) is 0.760. The highest BCUT2D eigenvalue weighted by atomic mass is 35.5. The zero-order valence-corrected chi connectivity index (χ0v) is 11.0. The Bertz CT molecular complexity index is 443. The first-order chi connectivity index (χ1) is 8.83. The van der Waals surface area contributed by atoms with Crippen LogP contribution in [0.5, 0.6) is 5.75 Å². The van der Waals surface area contributed by atoms with Crippen LogP contribution in [0.4, 0.5) is 13.2 Å². The van der Waals surface area contributed by atoms with Crippen molar-refractivity contribution in [3.8, 4) is 5.75 Å². The fourth-order valence-corrected chi connectivity index (χ4v) is 1.35. The van der Waals surface area contributed by atoms with Crippen molar-refractivity contribution in [1.29, 1.82) is 0 Å². The summed E-state index contributed by atoms with van der Waals surface area (Å²) in [5, 5.41) is 10.9. The SMILES string of the molecule is Cl.NC(C(=O)NCCO)c1cccc(OC(F)(F)F)c1. The molecular weight excluding hydrogens is 301 g/mol. The van der Waals surface area contributed by atoms with Crippen molar-refractivity contribution in [2.75, 3.05) is 13.2 Å². The van der Waals surface area contributed by atoms with Gasteiger partial charge >= 0.3 is 6.36 Å². The molecule has 4 N–H and O–H groups in total. The van der Waals surface area contributed by atoms with E-state index in [4.69, 9.17) is 10.8 Å². The predicted molar refractivity (Wildman–Crippen MR) is 67.4 cm³/mol. The number of nitrogens with one attached hydrogen (secondary N) is 1. The monoisotopic (exact) mass is 314 g/mol. The maximum Gasteiger partial charge on any atom is 0.573 e. The average molecular weight is 315 g/mol. The number of ether oxygens (including phenoxy) is 1. The Hall–Kier alpha value is -1.51. The molecule has 0 saturated heterocycles. The molecule has 1 aromatic rings. The van der Waals surface area contributed by atoms with Crippen molar-refractivity contribution in [2.24, 2.45) is 5.73 Å². The molecule has 9 heteroatoms. The number of carbonyl (C=O) groups is 1. The van der Waals surface area contributed by atoms with Gasteiger partial charge in [0.25, 0.3) is 0 Å². The number of hydrogen-bond acceptors (Lipinski definition) is 4. The molecular formula is C11H14ClF3N2O3. The van der Waals surface area contributed by atoms with Crippen LogP contribution in [0.3, 0.4) is 0 Å². The van der Waals surface area contributed by atoms with Crippen LogP contribution in [0.25, 0.3) is 0 Å². The van der Waals surface area contributed by atoms with Crippen molar-refractivity contribution < 1.29 is 27.8 Å². The molecule has 0 fully saturated rings. The number of aliphatic hydroxyl groups excluding tert-OH is 1. The maximum atomic E-state index is 12.0. The van der Waals surface area contributed by atoms with E-state index in [1.165, 1.54) is 12.1 Å². The number of rotatable bonds is 5. The lowest BCUT2D eigenvalue weighted by atomic mass is 10.1. The van der Waals surface area contributed by atoms with Crippen LogP contribution >= 0.6 is 12.4 Å². The Morgan fingerprint density at radius 1 is 1.45 bits per heavy atom. The summed E-state index contributed by atoms with van der Waals surface area (Å²) in [5.74, 6) is -1.05. The standard InChI is InChI=1S/C11H13F3N2O3.ClH/c12-11(13,14)19-8-3-1-2-7(6-8)9(15)10(18)16-4-5-17;/h1-3,6,9,17H,4-5,15H2,(H,16,18);1H. The number of hydrogen-bond donors (Lipinski definition) is 3. The summed E-state index contributed by atoms with van der Waals surface area (Å²) in [4.78, 5) is 11.5. The minimum absolute atomic E-state index is 0. The number of halogens is 4. The maximum absolute atomic E-state index is 12.0. The minimum atomic E-state index is -4.80. The van der Waals surface area contributed by atoms with Crippen molar-refractivity contribution in [3.05, 3.63) is 29.8 Å². The Kier molecular flexibility index (Phi) is 7.33. The molecule has 0 aliphatic carbocycles. The second kappa shape index (κ2) is 7.93. The van der Waals surface area contributed by atoms with Crippen LogP contribution in [0.1, 0.15) is 11.6 Å². The molecule has 1 aromatic carbocycles. The van der Waals surface area contributed by atoms with Gasteiger partial charge in [-0.25, -0.2) is 0 Å². The second-order valence-corrected chi connectivity index (χ2v) is 3.61. The van der Waals surface area contributed by atoms with Crippen LogP contribution in [0.2, 0.25) is 0 Å². The molecule has 1 unspecified atom stereocenters. The van der Waals surface area contributed by atoms with Gasteiger partial charge in [-0.05, 0) is 17.7 Å². The molecule has 0 radical (unpaired) electrons. The molecule has 1 amide bonds. The predicted octanol–water partition coefficient (Wildman–Crippen LogP) is 1.12. The number of nitrogens with two attached hydrogens (primary N) is 1. The van der Waals surface area contributed by atoms with Crippen molar-refractivity contribution in [3.63, 3.8) is 0 Å². The molecule has 0 saturated carbocycles. The van der Waals surface area contributed by atoms with Gasteiger partial charge in [0.2, 0.25) is 5.91 Å². The summed E-state index contributed by atoms with van der Waals surface area (Å²) >= 11 is 0. The topological polar surface area (TPSA) is 84.6 Å². The largest absolute Gasteiger partial charge is 0.573 e. The highest BCUT2D eigenvalue weighted by Crippen LogP contribution is 2.24. The first-order valence-corrected chi connectivity index (χ1v) is 5.33. The summed E-state index contributed by atoms with van der Waals surface area (Å²) in [5.41, 5.74) is 5.76. The third-order valence-electron chi connectivity index (χ3n) is 2.14. The first-order valence-electron chi connectivity index (χ1n) is 5.33. The summed E-state index contributed by atoms with van der Waals surface area (Å²) < 4.78 is 39.8. The molecule has 1 rings (SSSR count). The molecule has 0 spiro atoms. The third kappa shape index (κ3) is 6.09. The smallest absolute Gasteiger partial charge is 0.406 e. The molecule has 0 aliphatic heterocycles. The number of amides is 1. The van der Waals surface area contributed by atoms with E-state index in [-0.39, 0.29) is 31.1 Å². The van der Waals surface area contributed by atoms with Crippen molar-refractivity contribution in [2.45, 2.75) is 12.4 Å². The fraction of sp³-hybridized carbons (Fsp3) is 0.364. The van der Waals surface area contributed by atoms with Gasteiger partial charge in [-0.3, -0.25) is 4.79 Å². The van der Waals surface area contributed by atoms with Crippen LogP contribution in [-0.2, 0) is 4.79 Å². The van der Waals surface area contributed by atoms with E-state index in [1.807, 2.05) is 0 Å². The number of benzene rings is 1. The lowest BCUT2D eigenvalue weighted by Gasteiger charge is -2.14. The summed E-state index contributed by atoms with van der Waals surface area (Å²) in [6, 6.07) is 3.72. The first kappa shape index (κ1) is 18.5. The molecule has 114 valence electrons. The fourth-order valence-electron chi connectivity index (χ4n) is 1.35. The highest BCUT2D eigenvalue weighted by Gasteiger charge is 2.31. The Morgan fingerprint density at radius 3 is 2.65 bits per heavy atom. The van der Waals surface area contributed by atoms with E-state index in [1.54, 1.807) is 0 Å². The van der Waals surface area contributed by atoms with Crippen LogP contribution in [0, 0.1) is 0 Å². The van der Waals surface area contributed by atoms with Gasteiger partial charge in [-0.2, -0.15) is 0 Å². The molecule has 0 bridgehead atoms. The normalized spacial score (nSPS) is 12.2. The molecule has 20 heavy (non-hydrogen) atoms. The molecule has 0 aliphatic rings. The molecule has 1 atom stereocenters. The molecule has 0 heterocycles. The van der Waals surface area contributed by atoms with E-state index in [9.17, 15) is 18.0 Å². The van der Waals surface area contributed by atoms with Crippen molar-refractivity contribution in [1.82, 2.24) is 5.32 Å². The number of carbonyl (C=O) groups excluding carboxylic acids is 1. The highest BCUT2D eigenvalue weighted by molar-refractivity contribution is 5.85. The van der Waals surface area contributed by atoms with Crippen LogP contribution in [-0.4, -0.2) is 30.5 Å². The van der Waals surface area contributed by atoms with Gasteiger partial charge in [0.15, 0.2) is 0 Å². The lowest BCUT2D eigenvalue weighted by Crippen LogP contribution is -2.35. The molecule has 5 nitrogen and oxygen atoms in total. The van der Waals surface area contributed by atoms with Gasteiger partial charge in [-0.1, -0.05) is 12.1 Å². The Morgan fingerprint density at radius 2 is 2.10 bits per heavy atom. The van der Waals surface area contributed by atoms with Crippen molar-refractivity contribution >= 4 is 18.3 Å². The summed E-state index contributed by atoms with van der Waals surface area (Å²) in [6.45, 7) is -0.235. The molecule has 0 aromatic heterocycles. The van der Waals surface area contributed by atoms with E-state index < -0.39 is 24.1 Å². The van der Waals surface area contributed by atoms with E-state index >= 15 is 0 Å². The average Bonchev–Trinajstić information content (AvgIpc) is 2.33. The van der Waals surface area contributed by atoms with Crippen LogP contribution < -0.4 is 15.8 Å². The summed E-state index contributed by atoms with van der Waals surface area (Å²) in [7, 11) is 0. The van der Waals surface area contributed by atoms with Gasteiger partial charge in [0.05, 0.1) is 6.61 Å². The Labute approximate surface area is 119 Å². The second-order valence-electron chi connectivity index (χ2n) is 3.61. The van der Waals surface area contributed by atoms with Gasteiger partial charge in [0.1, 0.15) is 11.8 Å². The lowest BCUT2D eigenvalue weighted by molar-refractivity contribution is -0.274. The van der Waals surface area contributed by atoms with Gasteiger partial charge in [-0.15, -0.1) is 25.6 Å². The number of alkyl halides is 3. The number of aliphatic hydroxyl groups is 1. The Balaban J connectivity index is 0.00000361. The third-order valence-corrected chi connectivity index (χ3v) is 2.14. The van der Waals surface area contributed by atoms with Gasteiger partial charge < -0.3 is 20.9 Å². The minimum Gasteiger partial charge on any atom is -0.406 e. The van der Waals surface area contributed by atoms with Gasteiger partial charge in [0, 0.05) is 6.54 Å². The zero-order valence-electron chi connectivity index (χ0n) is 10.2. The van der Waals surface area contributed by atoms with Crippen LogP contribution in [0.15, 0.2) is 24.3 Å². The zero-order chi connectivity index (χ0) is 14.5. The van der Waals surface area contributed by atoms with E-state index in [0.717, 1.165) is 12.1 Å². The van der Waals surface area contributed by atoms with E-state index in [0.29, 0.717) is 0 Å². The summed E-state index contributed by atoms with van der Waals surface area (Å²) in [6.07, 6.45) is -4.80. The van der Waals surface area contributed by atoms with E-state index in [2.05, 4.69) is 10.1 Å².